The summed E-state index contributed by atoms with van der Waals surface area (Å²) in [5.41, 5.74) is 3.42. The molecule has 0 amide bonds. The van der Waals surface area contributed by atoms with Gasteiger partial charge in [-0.2, -0.15) is 0 Å². The molecular weight excluding hydrogens is 264 g/mol. The minimum absolute atomic E-state index is 0.312. The number of nitrogens with zero attached hydrogens (tertiary/aromatic N) is 1. The highest BCUT2D eigenvalue weighted by molar-refractivity contribution is 7.99. The topological polar surface area (TPSA) is 24.9 Å². The van der Waals surface area contributed by atoms with Crippen molar-refractivity contribution in [2.24, 2.45) is 0 Å². The third-order valence-electron chi connectivity index (χ3n) is 3.13. The van der Waals surface area contributed by atoms with Crippen LogP contribution in [-0.2, 0) is 0 Å². The summed E-state index contributed by atoms with van der Waals surface area (Å²) in [7, 11) is 0. The SMILES string of the molecule is Cc1ccnc(Cl)c1NC1CSc2ccccc21. The first-order valence-corrected chi connectivity index (χ1v) is 7.21. The molecule has 1 unspecified atom stereocenters. The quantitative estimate of drug-likeness (QED) is 0.828. The summed E-state index contributed by atoms with van der Waals surface area (Å²) in [4.78, 5) is 5.49. The maximum atomic E-state index is 6.15. The van der Waals surface area contributed by atoms with Crippen molar-refractivity contribution in [2.75, 3.05) is 11.1 Å². The zero-order chi connectivity index (χ0) is 12.5. The van der Waals surface area contributed by atoms with Gasteiger partial charge in [-0.05, 0) is 30.2 Å². The molecule has 0 saturated carbocycles. The maximum Gasteiger partial charge on any atom is 0.152 e. The van der Waals surface area contributed by atoms with Gasteiger partial charge in [0.1, 0.15) is 0 Å². The highest BCUT2D eigenvalue weighted by Crippen LogP contribution is 2.40. The van der Waals surface area contributed by atoms with E-state index in [-0.39, 0.29) is 0 Å². The van der Waals surface area contributed by atoms with E-state index in [9.17, 15) is 0 Å². The van der Waals surface area contributed by atoms with Gasteiger partial charge in [0.2, 0.25) is 0 Å². The minimum Gasteiger partial charge on any atom is -0.375 e. The van der Waals surface area contributed by atoms with E-state index >= 15 is 0 Å². The Labute approximate surface area is 116 Å². The van der Waals surface area contributed by atoms with E-state index in [1.165, 1.54) is 10.5 Å². The molecule has 1 aliphatic heterocycles. The standard InChI is InChI=1S/C14H13ClN2S/c1-9-6-7-16-14(15)13(9)17-11-8-18-12-5-3-2-4-10(11)12/h2-7,11,17H,8H2,1H3. The van der Waals surface area contributed by atoms with Crippen LogP contribution in [0.2, 0.25) is 5.15 Å². The van der Waals surface area contributed by atoms with E-state index in [1.54, 1.807) is 6.20 Å². The zero-order valence-electron chi connectivity index (χ0n) is 9.98. The molecule has 0 bridgehead atoms. The molecule has 1 atom stereocenters. The molecule has 2 aromatic rings. The Morgan fingerprint density at radius 1 is 1.33 bits per heavy atom. The number of nitrogens with one attached hydrogen (secondary N) is 1. The predicted octanol–water partition coefficient (Wildman–Crippen LogP) is 4.30. The summed E-state index contributed by atoms with van der Waals surface area (Å²) in [6, 6.07) is 10.8. The predicted molar refractivity (Wildman–Crippen MR) is 77.5 cm³/mol. The highest BCUT2D eigenvalue weighted by Gasteiger charge is 2.23. The average Bonchev–Trinajstić information content (AvgIpc) is 2.77. The van der Waals surface area contributed by atoms with Crippen LogP contribution >= 0.6 is 23.4 Å². The van der Waals surface area contributed by atoms with Crippen LogP contribution in [-0.4, -0.2) is 10.7 Å². The lowest BCUT2D eigenvalue weighted by atomic mass is 10.1. The van der Waals surface area contributed by atoms with Crippen LogP contribution in [0, 0.1) is 6.92 Å². The monoisotopic (exact) mass is 276 g/mol. The second kappa shape index (κ2) is 4.82. The molecule has 0 fully saturated rings. The van der Waals surface area contributed by atoms with Crippen LogP contribution in [0.4, 0.5) is 5.69 Å². The van der Waals surface area contributed by atoms with Crippen molar-refractivity contribution >= 4 is 29.1 Å². The Balaban J connectivity index is 1.91. The van der Waals surface area contributed by atoms with Crippen LogP contribution in [0.3, 0.4) is 0 Å². The average molecular weight is 277 g/mol. The van der Waals surface area contributed by atoms with Crippen LogP contribution in [0.1, 0.15) is 17.2 Å². The summed E-state index contributed by atoms with van der Waals surface area (Å²) in [6.07, 6.45) is 1.74. The summed E-state index contributed by atoms with van der Waals surface area (Å²) < 4.78 is 0. The number of thioether (sulfide) groups is 1. The van der Waals surface area contributed by atoms with Crippen LogP contribution in [0.25, 0.3) is 0 Å². The van der Waals surface area contributed by atoms with Crippen molar-refractivity contribution in [1.29, 1.82) is 0 Å². The van der Waals surface area contributed by atoms with E-state index in [2.05, 4.69) is 34.6 Å². The van der Waals surface area contributed by atoms with Gasteiger partial charge in [-0.1, -0.05) is 29.8 Å². The number of benzene rings is 1. The van der Waals surface area contributed by atoms with Crippen molar-refractivity contribution in [3.05, 3.63) is 52.8 Å². The van der Waals surface area contributed by atoms with Gasteiger partial charge in [0.05, 0.1) is 11.7 Å². The molecule has 1 aromatic heterocycles. The Kier molecular flexibility index (Phi) is 3.18. The van der Waals surface area contributed by atoms with Gasteiger partial charge in [-0.15, -0.1) is 11.8 Å². The third-order valence-corrected chi connectivity index (χ3v) is 4.60. The second-order valence-corrected chi connectivity index (χ2v) is 5.76. The summed E-state index contributed by atoms with van der Waals surface area (Å²) in [6.45, 7) is 2.05. The zero-order valence-corrected chi connectivity index (χ0v) is 11.6. The molecule has 18 heavy (non-hydrogen) atoms. The molecule has 0 aliphatic carbocycles. The van der Waals surface area contributed by atoms with Gasteiger partial charge in [0.15, 0.2) is 5.15 Å². The Bertz CT molecular complexity index is 566. The Hall–Kier alpha value is -1.19. The van der Waals surface area contributed by atoms with Gasteiger partial charge in [-0.25, -0.2) is 4.98 Å². The van der Waals surface area contributed by atoms with Gasteiger partial charge < -0.3 is 5.32 Å². The number of hydrogen-bond donors (Lipinski definition) is 1. The Morgan fingerprint density at radius 2 is 2.17 bits per heavy atom. The first-order valence-electron chi connectivity index (χ1n) is 5.85. The summed E-state index contributed by atoms with van der Waals surface area (Å²) in [5.74, 6) is 1.03. The number of fused-ring (bicyclic) bond motifs is 1. The fourth-order valence-corrected chi connectivity index (χ4v) is 3.58. The van der Waals surface area contributed by atoms with E-state index < -0.39 is 0 Å². The minimum atomic E-state index is 0.312. The fraction of sp³-hybridized carbons (Fsp3) is 0.214. The van der Waals surface area contributed by atoms with Crippen LogP contribution in [0.5, 0.6) is 0 Å². The van der Waals surface area contributed by atoms with E-state index in [1.807, 2.05) is 24.8 Å². The Morgan fingerprint density at radius 3 is 3.00 bits per heavy atom. The van der Waals surface area contributed by atoms with Crippen molar-refractivity contribution in [3.63, 3.8) is 0 Å². The molecule has 1 aromatic carbocycles. The molecular formula is C14H13ClN2S. The lowest BCUT2D eigenvalue weighted by molar-refractivity contribution is 0.895. The molecule has 2 heterocycles. The van der Waals surface area contributed by atoms with E-state index in [0.29, 0.717) is 11.2 Å². The molecule has 0 saturated heterocycles. The summed E-state index contributed by atoms with van der Waals surface area (Å²) in [5, 5.41) is 4.06. The highest BCUT2D eigenvalue weighted by atomic mass is 35.5. The fourth-order valence-electron chi connectivity index (χ4n) is 2.15. The van der Waals surface area contributed by atoms with E-state index in [0.717, 1.165) is 17.0 Å². The van der Waals surface area contributed by atoms with Crippen LogP contribution in [0.15, 0.2) is 41.4 Å². The second-order valence-electron chi connectivity index (χ2n) is 4.34. The van der Waals surface area contributed by atoms with Crippen molar-refractivity contribution < 1.29 is 0 Å². The number of anilines is 1. The molecule has 92 valence electrons. The molecule has 1 N–H and O–H groups in total. The largest absolute Gasteiger partial charge is 0.375 e. The number of aryl methyl sites for hydroxylation is 1. The number of halogens is 1. The van der Waals surface area contributed by atoms with Gasteiger partial charge in [0.25, 0.3) is 0 Å². The molecule has 3 rings (SSSR count). The third kappa shape index (κ3) is 2.08. The smallest absolute Gasteiger partial charge is 0.152 e. The lowest BCUT2D eigenvalue weighted by Gasteiger charge is -2.17. The van der Waals surface area contributed by atoms with Gasteiger partial charge >= 0.3 is 0 Å². The van der Waals surface area contributed by atoms with Crippen molar-refractivity contribution in [1.82, 2.24) is 4.98 Å². The molecule has 1 aliphatic rings. The first-order chi connectivity index (χ1) is 8.75. The number of aromatic nitrogens is 1. The molecule has 2 nitrogen and oxygen atoms in total. The molecule has 4 heteroatoms. The van der Waals surface area contributed by atoms with Crippen molar-refractivity contribution in [3.8, 4) is 0 Å². The summed E-state index contributed by atoms with van der Waals surface area (Å²) >= 11 is 8.04. The normalized spacial score (nSPS) is 17.6. The van der Waals surface area contributed by atoms with Gasteiger partial charge in [0, 0.05) is 16.8 Å². The van der Waals surface area contributed by atoms with Crippen molar-refractivity contribution in [2.45, 2.75) is 17.9 Å². The maximum absolute atomic E-state index is 6.15. The number of rotatable bonds is 2. The first kappa shape index (κ1) is 11.9. The van der Waals surface area contributed by atoms with Crippen LogP contribution < -0.4 is 5.32 Å². The number of hydrogen-bond acceptors (Lipinski definition) is 3. The lowest BCUT2D eigenvalue weighted by Crippen LogP contribution is -2.11. The van der Waals surface area contributed by atoms with Gasteiger partial charge in [-0.3, -0.25) is 0 Å². The molecule has 0 radical (unpaired) electrons. The molecule has 0 spiro atoms. The van der Waals surface area contributed by atoms with E-state index in [4.69, 9.17) is 11.6 Å². The number of pyridine rings is 1.